The molecule has 17 heavy (non-hydrogen) atoms. The fraction of sp³-hybridized carbons (Fsp3) is 0.600. The van der Waals surface area contributed by atoms with Crippen molar-refractivity contribution in [2.24, 2.45) is 5.73 Å². The molecule has 0 fully saturated rings. The summed E-state index contributed by atoms with van der Waals surface area (Å²) >= 11 is 4.58. The van der Waals surface area contributed by atoms with Gasteiger partial charge in [-0.15, -0.1) is 11.3 Å². The molecule has 3 atom stereocenters. The molecule has 2 nitrogen and oxygen atoms in total. The van der Waals surface area contributed by atoms with Crippen molar-refractivity contribution in [2.45, 2.75) is 38.3 Å². The van der Waals surface area contributed by atoms with E-state index in [9.17, 15) is 13.2 Å². The summed E-state index contributed by atoms with van der Waals surface area (Å²) in [4.78, 5) is 0.683. The molecule has 7 heteroatoms. The van der Waals surface area contributed by atoms with Crippen LogP contribution in [0.5, 0.6) is 0 Å². The molecule has 0 amide bonds. The number of alkyl halides is 3. The second kappa shape index (κ2) is 5.69. The van der Waals surface area contributed by atoms with Gasteiger partial charge in [0.1, 0.15) is 6.10 Å². The lowest BCUT2D eigenvalue weighted by molar-refractivity contribution is -0.229. The van der Waals surface area contributed by atoms with Crippen molar-refractivity contribution in [2.75, 3.05) is 0 Å². The van der Waals surface area contributed by atoms with Gasteiger partial charge in [0, 0.05) is 10.9 Å². The lowest BCUT2D eigenvalue weighted by Gasteiger charge is -2.25. The van der Waals surface area contributed by atoms with Gasteiger partial charge in [0.15, 0.2) is 6.10 Å². The molecule has 0 aromatic carbocycles. The summed E-state index contributed by atoms with van der Waals surface area (Å²) in [5.41, 5.74) is 5.67. The highest BCUT2D eigenvalue weighted by molar-refractivity contribution is 9.11. The summed E-state index contributed by atoms with van der Waals surface area (Å²) in [6.45, 7) is 2.61. The fourth-order valence-corrected chi connectivity index (χ4v) is 2.80. The molecule has 0 aliphatic heterocycles. The van der Waals surface area contributed by atoms with E-state index < -0.39 is 24.4 Å². The average Bonchev–Trinajstić information content (AvgIpc) is 2.58. The normalized spacial score (nSPS) is 17.8. The molecule has 0 saturated heterocycles. The molecule has 1 aromatic rings. The number of ether oxygens (including phenoxy) is 1. The van der Waals surface area contributed by atoms with Crippen LogP contribution in [-0.2, 0) is 4.74 Å². The number of hydrogen-bond acceptors (Lipinski definition) is 3. The molecule has 0 spiro atoms. The molecule has 1 heterocycles. The summed E-state index contributed by atoms with van der Waals surface area (Å²) < 4.78 is 43.1. The molecule has 98 valence electrons. The van der Waals surface area contributed by atoms with Gasteiger partial charge in [-0.1, -0.05) is 0 Å². The summed E-state index contributed by atoms with van der Waals surface area (Å²) in [6.07, 6.45) is -6.95. The maximum absolute atomic E-state index is 12.4. The first-order valence-electron chi connectivity index (χ1n) is 4.94. The summed E-state index contributed by atoms with van der Waals surface area (Å²) in [7, 11) is 0. The van der Waals surface area contributed by atoms with Gasteiger partial charge in [0.05, 0.1) is 3.79 Å². The second-order valence-corrected chi connectivity index (χ2v) is 6.24. The van der Waals surface area contributed by atoms with Crippen LogP contribution in [0.25, 0.3) is 0 Å². The van der Waals surface area contributed by atoms with Crippen molar-refractivity contribution in [1.29, 1.82) is 0 Å². The number of thiophene rings is 1. The molecular formula is C10H13BrF3NOS. The van der Waals surface area contributed by atoms with Gasteiger partial charge in [0.2, 0.25) is 0 Å². The first-order valence-corrected chi connectivity index (χ1v) is 6.55. The van der Waals surface area contributed by atoms with E-state index in [4.69, 9.17) is 10.5 Å². The Kier molecular flexibility index (Phi) is 5.00. The van der Waals surface area contributed by atoms with Crippen LogP contribution in [0.2, 0.25) is 0 Å². The number of rotatable bonds is 4. The molecule has 0 saturated carbocycles. The Morgan fingerprint density at radius 3 is 2.29 bits per heavy atom. The van der Waals surface area contributed by atoms with Crippen molar-refractivity contribution < 1.29 is 17.9 Å². The Bertz CT molecular complexity index is 367. The Labute approximate surface area is 110 Å². The van der Waals surface area contributed by atoms with Gasteiger partial charge in [-0.3, -0.25) is 0 Å². The molecule has 2 N–H and O–H groups in total. The van der Waals surface area contributed by atoms with Gasteiger partial charge < -0.3 is 10.5 Å². The largest absolute Gasteiger partial charge is 0.414 e. The van der Waals surface area contributed by atoms with Gasteiger partial charge >= 0.3 is 6.18 Å². The molecule has 0 radical (unpaired) electrons. The second-order valence-electron chi connectivity index (χ2n) is 3.74. The van der Waals surface area contributed by atoms with E-state index in [2.05, 4.69) is 15.9 Å². The van der Waals surface area contributed by atoms with E-state index in [1.165, 1.54) is 11.3 Å². The van der Waals surface area contributed by atoms with Crippen LogP contribution >= 0.6 is 27.3 Å². The molecule has 0 aliphatic carbocycles. The third-order valence-electron chi connectivity index (χ3n) is 2.16. The van der Waals surface area contributed by atoms with E-state index in [-0.39, 0.29) is 0 Å². The lowest BCUT2D eigenvalue weighted by Crippen LogP contribution is -2.35. The van der Waals surface area contributed by atoms with Crippen LogP contribution in [0.1, 0.15) is 24.8 Å². The predicted octanol–water partition coefficient (Wildman–Crippen LogP) is 3.87. The van der Waals surface area contributed by atoms with E-state index in [1.807, 2.05) is 0 Å². The van der Waals surface area contributed by atoms with Crippen LogP contribution < -0.4 is 5.73 Å². The lowest BCUT2D eigenvalue weighted by atomic mass is 10.1. The van der Waals surface area contributed by atoms with Crippen molar-refractivity contribution in [3.63, 3.8) is 0 Å². The maximum atomic E-state index is 12.4. The summed E-state index contributed by atoms with van der Waals surface area (Å²) in [5, 5.41) is 0. The van der Waals surface area contributed by atoms with Gasteiger partial charge in [-0.25, -0.2) is 0 Å². The van der Waals surface area contributed by atoms with Crippen LogP contribution in [0.15, 0.2) is 15.9 Å². The Balaban J connectivity index is 2.81. The maximum Gasteiger partial charge on any atom is 0.414 e. The first kappa shape index (κ1) is 14.9. The van der Waals surface area contributed by atoms with E-state index in [1.54, 1.807) is 19.1 Å². The van der Waals surface area contributed by atoms with Crippen molar-refractivity contribution in [1.82, 2.24) is 0 Å². The zero-order chi connectivity index (χ0) is 13.2. The Morgan fingerprint density at radius 2 is 1.94 bits per heavy atom. The molecule has 1 rings (SSSR count). The predicted molar refractivity (Wildman–Crippen MR) is 65.0 cm³/mol. The third kappa shape index (κ3) is 4.24. The zero-order valence-corrected chi connectivity index (χ0v) is 11.7. The van der Waals surface area contributed by atoms with Gasteiger partial charge in [0.25, 0.3) is 0 Å². The van der Waals surface area contributed by atoms with E-state index in [0.717, 1.165) is 10.7 Å². The Hall–Kier alpha value is -0.110. The molecule has 3 unspecified atom stereocenters. The standard InChI is InChI=1S/C10H13BrF3NOS/c1-5(15)9(7-3-4-8(11)17-7)16-6(2)10(12,13)14/h3-6,9H,15H2,1-2H3. The van der Waals surface area contributed by atoms with Crippen molar-refractivity contribution in [3.05, 3.63) is 20.8 Å². The number of hydrogen-bond donors (Lipinski definition) is 1. The van der Waals surface area contributed by atoms with Crippen LogP contribution in [0.4, 0.5) is 13.2 Å². The smallest absolute Gasteiger partial charge is 0.359 e. The van der Waals surface area contributed by atoms with E-state index >= 15 is 0 Å². The van der Waals surface area contributed by atoms with Crippen molar-refractivity contribution in [3.8, 4) is 0 Å². The molecule has 0 aliphatic rings. The monoisotopic (exact) mass is 331 g/mol. The van der Waals surface area contributed by atoms with Crippen molar-refractivity contribution >= 4 is 27.3 Å². The zero-order valence-electron chi connectivity index (χ0n) is 9.29. The topological polar surface area (TPSA) is 35.2 Å². The minimum absolute atomic E-state index is 0.509. The fourth-order valence-electron chi connectivity index (χ4n) is 1.23. The highest BCUT2D eigenvalue weighted by Crippen LogP contribution is 2.34. The molecule has 1 aromatic heterocycles. The summed E-state index contributed by atoms with van der Waals surface area (Å²) in [6, 6.07) is 2.97. The third-order valence-corrected chi connectivity index (χ3v) is 3.85. The van der Waals surface area contributed by atoms with Crippen LogP contribution in [-0.4, -0.2) is 18.3 Å². The van der Waals surface area contributed by atoms with Crippen LogP contribution in [0, 0.1) is 0 Å². The first-order chi connectivity index (χ1) is 7.71. The summed E-state index contributed by atoms with van der Waals surface area (Å²) in [5.74, 6) is 0. The number of nitrogens with two attached hydrogens (primary N) is 1. The minimum atomic E-state index is -4.37. The quantitative estimate of drug-likeness (QED) is 0.909. The highest BCUT2D eigenvalue weighted by Gasteiger charge is 2.39. The van der Waals surface area contributed by atoms with Gasteiger partial charge in [-0.05, 0) is 41.9 Å². The average molecular weight is 332 g/mol. The highest BCUT2D eigenvalue weighted by atomic mass is 79.9. The SMILES string of the molecule is CC(N)C(OC(C)C(F)(F)F)c1ccc(Br)s1. The number of halogens is 4. The Morgan fingerprint density at radius 1 is 1.35 bits per heavy atom. The van der Waals surface area contributed by atoms with Gasteiger partial charge in [-0.2, -0.15) is 13.2 Å². The molecule has 0 bridgehead atoms. The van der Waals surface area contributed by atoms with Crippen LogP contribution in [0.3, 0.4) is 0 Å². The van der Waals surface area contributed by atoms with E-state index in [0.29, 0.717) is 4.88 Å². The molecular weight excluding hydrogens is 319 g/mol. The minimum Gasteiger partial charge on any atom is -0.359 e.